The van der Waals surface area contributed by atoms with Gasteiger partial charge >= 0.3 is 11.9 Å². The number of fused-ring (bicyclic) bond motifs is 1. The van der Waals surface area contributed by atoms with Crippen LogP contribution < -0.4 is 11.1 Å². The van der Waals surface area contributed by atoms with E-state index >= 15 is 0 Å². The minimum absolute atomic E-state index is 0.119. The number of aromatic nitrogens is 2. The van der Waals surface area contributed by atoms with Gasteiger partial charge in [-0.15, -0.1) is 0 Å². The van der Waals surface area contributed by atoms with Gasteiger partial charge in [-0.2, -0.15) is 13.9 Å². The first kappa shape index (κ1) is 25.3. The van der Waals surface area contributed by atoms with Gasteiger partial charge in [0.25, 0.3) is 5.91 Å². The number of aliphatic hydroxyl groups is 1. The Bertz CT molecular complexity index is 1160. The number of aryl methyl sites for hydroxylation is 1. The van der Waals surface area contributed by atoms with Crippen LogP contribution in [0.1, 0.15) is 54.6 Å². The molecule has 1 amide bonds. The summed E-state index contributed by atoms with van der Waals surface area (Å²) in [5.74, 6) is -7.65. The molecule has 8 nitrogen and oxygen atoms in total. The number of nitrogens with one attached hydrogen (secondary N) is 1. The van der Waals surface area contributed by atoms with Crippen LogP contribution in [0.2, 0.25) is 5.02 Å². The van der Waals surface area contributed by atoms with Gasteiger partial charge in [-0.25, -0.2) is 9.18 Å². The monoisotopic (exact) mass is 514 g/mol. The van der Waals surface area contributed by atoms with Crippen LogP contribution in [0.3, 0.4) is 0 Å². The Morgan fingerprint density at radius 3 is 2.54 bits per heavy atom. The molecule has 35 heavy (non-hydrogen) atoms. The smallest absolute Gasteiger partial charge is 0.380 e. The molecule has 4 N–H and O–H groups in total. The van der Waals surface area contributed by atoms with E-state index in [1.54, 1.807) is 7.05 Å². The van der Waals surface area contributed by atoms with E-state index in [0.717, 1.165) is 6.07 Å². The molecular formula is C23H26ClF3N4O4. The highest BCUT2D eigenvalue weighted by molar-refractivity contribution is 6.31. The van der Waals surface area contributed by atoms with E-state index in [-0.39, 0.29) is 59.3 Å². The molecule has 0 radical (unpaired) electrons. The molecule has 2 saturated carbocycles. The van der Waals surface area contributed by atoms with E-state index in [9.17, 15) is 27.9 Å². The number of alkyl halides is 2. The summed E-state index contributed by atoms with van der Waals surface area (Å²) in [4.78, 5) is 24.8. The van der Waals surface area contributed by atoms with Gasteiger partial charge in [-0.05, 0) is 62.6 Å². The van der Waals surface area contributed by atoms with Crippen LogP contribution in [-0.2, 0) is 16.6 Å². The van der Waals surface area contributed by atoms with E-state index in [4.69, 9.17) is 17.3 Å². The molecule has 0 bridgehead atoms. The molecule has 1 aromatic carbocycles. The molecule has 2 aliphatic carbocycles. The topological polar surface area (TPSA) is 119 Å². The summed E-state index contributed by atoms with van der Waals surface area (Å²) < 4.78 is 48.6. The normalized spacial score (nSPS) is 26.0. The van der Waals surface area contributed by atoms with E-state index in [1.165, 1.54) is 23.7 Å². The number of ether oxygens (including phenoxy) is 1. The predicted molar refractivity (Wildman–Crippen MR) is 122 cm³/mol. The van der Waals surface area contributed by atoms with Crippen LogP contribution in [0.4, 0.5) is 24.7 Å². The molecule has 1 aromatic heterocycles. The number of hydrogen-bond acceptors (Lipinski definition) is 6. The Morgan fingerprint density at radius 2 is 1.97 bits per heavy atom. The highest BCUT2D eigenvalue weighted by Gasteiger charge is 2.65. The molecule has 0 spiro atoms. The molecule has 2 aliphatic rings. The van der Waals surface area contributed by atoms with Gasteiger partial charge in [0, 0.05) is 18.7 Å². The Hall–Kier alpha value is -2.79. The first-order valence-electron chi connectivity index (χ1n) is 11.2. The van der Waals surface area contributed by atoms with E-state index in [1.807, 2.05) is 0 Å². The average molecular weight is 515 g/mol. The van der Waals surface area contributed by atoms with Gasteiger partial charge in [-0.1, -0.05) is 11.6 Å². The summed E-state index contributed by atoms with van der Waals surface area (Å²) in [6, 6.07) is 3.75. The van der Waals surface area contributed by atoms with E-state index in [2.05, 4.69) is 15.2 Å². The number of carbonyl (C=O) groups is 2. The predicted octanol–water partition coefficient (Wildman–Crippen LogP) is 3.88. The van der Waals surface area contributed by atoms with Crippen LogP contribution in [0.5, 0.6) is 0 Å². The molecule has 2 fully saturated rings. The Labute approximate surface area is 204 Å². The van der Waals surface area contributed by atoms with Crippen molar-refractivity contribution in [1.29, 1.82) is 0 Å². The van der Waals surface area contributed by atoms with Crippen LogP contribution in [-0.4, -0.2) is 44.9 Å². The highest BCUT2D eigenvalue weighted by Crippen LogP contribution is 2.57. The summed E-state index contributed by atoms with van der Waals surface area (Å²) in [5.41, 5.74) is 4.47. The average Bonchev–Trinajstić information content (AvgIpc) is 3.41. The molecular weight excluding hydrogens is 489 g/mol. The lowest BCUT2D eigenvalue weighted by Gasteiger charge is -2.31. The van der Waals surface area contributed by atoms with Crippen molar-refractivity contribution in [3.8, 4) is 0 Å². The lowest BCUT2D eigenvalue weighted by atomic mass is 9.87. The third kappa shape index (κ3) is 4.35. The van der Waals surface area contributed by atoms with Crippen molar-refractivity contribution in [2.45, 2.75) is 50.0 Å². The summed E-state index contributed by atoms with van der Waals surface area (Å²) in [5, 5.41) is 17.6. The number of rotatable bonds is 6. The number of esters is 1. The van der Waals surface area contributed by atoms with E-state index in [0.29, 0.717) is 18.5 Å². The molecule has 4 rings (SSSR count). The Kier molecular flexibility index (Phi) is 6.52. The molecule has 0 saturated heterocycles. The number of hydrogen-bond donors (Lipinski definition) is 3. The largest absolute Gasteiger partial charge is 0.461 e. The number of benzene rings is 1. The number of nitrogens with two attached hydrogens (primary N) is 1. The standard InChI is InChI=1S/C23H26ClF3N4O4/c1-3-35-21(33)23(26,27)22(34)9-12-6-11(7-13(12)10-22)18-17(19(28)31(2)30-18)20(32)29-14-4-5-16(25)15(24)8-14/h4-5,8,11-13,34H,3,6-7,9-10,28H2,1-2H3,(H,29,32). The molecule has 2 atom stereocenters. The van der Waals surface area contributed by atoms with Crippen LogP contribution in [0.15, 0.2) is 18.2 Å². The van der Waals surface area contributed by atoms with E-state index < -0.39 is 29.2 Å². The van der Waals surface area contributed by atoms with Crippen LogP contribution in [0, 0.1) is 17.7 Å². The zero-order chi connectivity index (χ0) is 25.7. The second-order valence-corrected chi connectivity index (χ2v) is 9.68. The minimum atomic E-state index is -4.01. The molecule has 0 aliphatic heterocycles. The van der Waals surface area contributed by atoms with Crippen molar-refractivity contribution >= 4 is 35.0 Å². The number of halogens is 4. The van der Waals surface area contributed by atoms with Crippen molar-refractivity contribution in [3.63, 3.8) is 0 Å². The first-order valence-corrected chi connectivity index (χ1v) is 11.6. The quantitative estimate of drug-likeness (QED) is 0.503. The number of carbonyl (C=O) groups excluding carboxylic acids is 2. The zero-order valence-corrected chi connectivity index (χ0v) is 19.9. The zero-order valence-electron chi connectivity index (χ0n) is 19.2. The second-order valence-electron chi connectivity index (χ2n) is 9.28. The molecule has 1 heterocycles. The summed E-state index contributed by atoms with van der Waals surface area (Å²) in [6.45, 7) is 1.21. The van der Waals surface area contributed by atoms with Gasteiger partial charge in [-0.3, -0.25) is 9.48 Å². The number of nitrogen functional groups attached to an aromatic ring is 1. The summed E-state index contributed by atoms with van der Waals surface area (Å²) >= 11 is 5.79. The van der Waals surface area contributed by atoms with Gasteiger partial charge in [0.1, 0.15) is 22.8 Å². The van der Waals surface area contributed by atoms with Crippen molar-refractivity contribution in [2.75, 3.05) is 17.7 Å². The fourth-order valence-electron chi connectivity index (χ4n) is 5.40. The Morgan fingerprint density at radius 1 is 1.34 bits per heavy atom. The Balaban J connectivity index is 1.53. The third-order valence-electron chi connectivity index (χ3n) is 7.07. The molecule has 190 valence electrons. The van der Waals surface area contributed by atoms with Crippen molar-refractivity contribution in [1.82, 2.24) is 9.78 Å². The van der Waals surface area contributed by atoms with Gasteiger partial charge in [0.2, 0.25) is 0 Å². The minimum Gasteiger partial charge on any atom is -0.461 e. The molecule has 12 heteroatoms. The number of anilines is 2. The maximum atomic E-state index is 14.7. The summed E-state index contributed by atoms with van der Waals surface area (Å²) in [7, 11) is 1.58. The third-order valence-corrected chi connectivity index (χ3v) is 7.36. The SMILES string of the molecule is CCOC(=O)C(F)(F)C1(O)CC2CC(c3nn(C)c(N)c3C(=O)Nc3ccc(F)c(Cl)c3)CC2C1. The second kappa shape index (κ2) is 9.02. The molecule has 2 unspecified atom stereocenters. The molecule has 2 aromatic rings. The summed E-state index contributed by atoms with van der Waals surface area (Å²) in [6.07, 6.45) is 0.256. The lowest BCUT2D eigenvalue weighted by molar-refractivity contribution is -0.213. The fraction of sp³-hybridized carbons (Fsp3) is 0.522. The maximum Gasteiger partial charge on any atom is 0.380 e. The van der Waals surface area contributed by atoms with Gasteiger partial charge in [0.15, 0.2) is 0 Å². The lowest BCUT2D eigenvalue weighted by Crippen LogP contribution is -2.52. The van der Waals surface area contributed by atoms with Crippen LogP contribution >= 0.6 is 11.6 Å². The van der Waals surface area contributed by atoms with Crippen molar-refractivity contribution in [2.24, 2.45) is 18.9 Å². The van der Waals surface area contributed by atoms with Crippen molar-refractivity contribution in [3.05, 3.63) is 40.3 Å². The fourth-order valence-corrected chi connectivity index (χ4v) is 5.58. The maximum absolute atomic E-state index is 14.7. The highest BCUT2D eigenvalue weighted by atomic mass is 35.5. The van der Waals surface area contributed by atoms with Crippen LogP contribution in [0.25, 0.3) is 0 Å². The van der Waals surface area contributed by atoms with Gasteiger partial charge in [0.05, 0.1) is 17.3 Å². The first-order chi connectivity index (χ1) is 16.4. The van der Waals surface area contributed by atoms with Gasteiger partial charge < -0.3 is 20.9 Å². The van der Waals surface area contributed by atoms with Crippen molar-refractivity contribution < 1.29 is 32.6 Å². The number of nitrogens with zero attached hydrogens (tertiary/aromatic N) is 2. The number of amides is 1.